The predicted molar refractivity (Wildman–Crippen MR) is 72.7 cm³/mol. The number of methoxy groups -OCH3 is 2. The van der Waals surface area contributed by atoms with Crippen LogP contribution in [0.5, 0.6) is 11.5 Å². The molecule has 1 heterocycles. The Bertz CT molecular complexity index is 474. The van der Waals surface area contributed by atoms with Crippen LogP contribution in [0.15, 0.2) is 17.0 Å². The smallest absolute Gasteiger partial charge is 0.238 e. The van der Waals surface area contributed by atoms with Crippen LogP contribution >= 0.6 is 11.8 Å². The number of nitrogens with one attached hydrogen (secondary N) is 1. The summed E-state index contributed by atoms with van der Waals surface area (Å²) in [6.45, 7) is 4.09. The first-order valence-electron chi connectivity index (χ1n) is 5.80. The van der Waals surface area contributed by atoms with Crippen LogP contribution in [-0.2, 0) is 4.79 Å². The second-order valence-electron chi connectivity index (χ2n) is 4.48. The summed E-state index contributed by atoms with van der Waals surface area (Å²) in [5.74, 6) is 1.65. The number of hydrogen-bond acceptors (Lipinski definition) is 4. The van der Waals surface area contributed by atoms with E-state index >= 15 is 0 Å². The fourth-order valence-corrected chi connectivity index (χ4v) is 3.01. The molecule has 5 heteroatoms. The Kier molecular flexibility index (Phi) is 3.71. The molecule has 1 N–H and O–H groups in total. The van der Waals surface area contributed by atoms with Crippen LogP contribution in [0.2, 0.25) is 0 Å². The topological polar surface area (TPSA) is 47.6 Å². The summed E-state index contributed by atoms with van der Waals surface area (Å²) in [4.78, 5) is 13.0. The van der Waals surface area contributed by atoms with Gasteiger partial charge in [0.25, 0.3) is 0 Å². The van der Waals surface area contributed by atoms with E-state index in [2.05, 4.69) is 5.32 Å². The van der Waals surface area contributed by atoms with E-state index in [1.54, 1.807) is 32.0 Å². The molecule has 1 aromatic rings. The molecule has 0 radical (unpaired) electrons. The standard InChI is InChI=1S/C13H17NO3S/c1-7(2)12-13(15)14-8-5-9(16-3)10(17-4)6-11(8)18-12/h5-7,12H,1-4H3,(H,14,15). The van der Waals surface area contributed by atoms with Crippen LogP contribution in [0, 0.1) is 5.92 Å². The summed E-state index contributed by atoms with van der Waals surface area (Å²) in [7, 11) is 3.19. The third-order valence-electron chi connectivity index (χ3n) is 2.86. The van der Waals surface area contributed by atoms with Crippen LogP contribution in [0.4, 0.5) is 5.69 Å². The number of carbonyl (C=O) groups excluding carboxylic acids is 1. The molecule has 0 aliphatic carbocycles. The zero-order chi connectivity index (χ0) is 13.3. The van der Waals surface area contributed by atoms with E-state index in [4.69, 9.17) is 9.47 Å². The van der Waals surface area contributed by atoms with Gasteiger partial charge in [0.05, 0.1) is 25.2 Å². The Morgan fingerprint density at radius 2 is 1.83 bits per heavy atom. The first kappa shape index (κ1) is 13.1. The second-order valence-corrected chi connectivity index (χ2v) is 5.66. The number of hydrogen-bond donors (Lipinski definition) is 1. The van der Waals surface area contributed by atoms with Gasteiger partial charge in [-0.2, -0.15) is 0 Å². The van der Waals surface area contributed by atoms with Gasteiger partial charge in [-0.05, 0) is 12.0 Å². The molecule has 98 valence electrons. The lowest BCUT2D eigenvalue weighted by molar-refractivity contribution is -0.116. The summed E-state index contributed by atoms with van der Waals surface area (Å²) in [6, 6.07) is 3.71. The van der Waals surface area contributed by atoms with Crippen molar-refractivity contribution in [1.29, 1.82) is 0 Å². The van der Waals surface area contributed by atoms with Crippen molar-refractivity contribution >= 4 is 23.4 Å². The number of amides is 1. The minimum absolute atomic E-state index is 0.0507. The van der Waals surface area contributed by atoms with Crippen LogP contribution in [0.25, 0.3) is 0 Å². The third-order valence-corrected chi connectivity index (χ3v) is 4.47. The normalized spacial score (nSPS) is 18.3. The molecule has 1 unspecified atom stereocenters. The highest BCUT2D eigenvalue weighted by molar-refractivity contribution is 8.01. The fraction of sp³-hybridized carbons (Fsp3) is 0.462. The number of anilines is 1. The van der Waals surface area contributed by atoms with Crippen molar-refractivity contribution in [3.8, 4) is 11.5 Å². The van der Waals surface area contributed by atoms with Gasteiger partial charge in [0.15, 0.2) is 11.5 Å². The van der Waals surface area contributed by atoms with E-state index in [0.29, 0.717) is 11.5 Å². The Morgan fingerprint density at radius 1 is 1.22 bits per heavy atom. The number of thioether (sulfide) groups is 1. The highest BCUT2D eigenvalue weighted by Crippen LogP contribution is 2.44. The van der Waals surface area contributed by atoms with Gasteiger partial charge in [0.1, 0.15) is 0 Å². The number of rotatable bonds is 3. The quantitative estimate of drug-likeness (QED) is 0.914. The van der Waals surface area contributed by atoms with Gasteiger partial charge in [0, 0.05) is 11.0 Å². The van der Waals surface area contributed by atoms with Gasteiger partial charge in [-0.15, -0.1) is 11.8 Å². The van der Waals surface area contributed by atoms with Crippen LogP contribution in [0.1, 0.15) is 13.8 Å². The lowest BCUT2D eigenvalue weighted by Crippen LogP contribution is -2.32. The maximum atomic E-state index is 11.9. The van der Waals surface area contributed by atoms with Gasteiger partial charge in [-0.3, -0.25) is 4.79 Å². The van der Waals surface area contributed by atoms with Crippen LogP contribution < -0.4 is 14.8 Å². The molecule has 18 heavy (non-hydrogen) atoms. The van der Waals surface area contributed by atoms with E-state index in [1.807, 2.05) is 19.9 Å². The van der Waals surface area contributed by atoms with Crippen LogP contribution in [-0.4, -0.2) is 25.4 Å². The van der Waals surface area contributed by atoms with E-state index in [1.165, 1.54) is 0 Å². The molecule has 1 aromatic carbocycles. The lowest BCUT2D eigenvalue weighted by Gasteiger charge is -2.27. The zero-order valence-corrected chi connectivity index (χ0v) is 11.8. The first-order valence-corrected chi connectivity index (χ1v) is 6.68. The van der Waals surface area contributed by atoms with Gasteiger partial charge in [-0.1, -0.05) is 13.8 Å². The predicted octanol–water partition coefficient (Wildman–Crippen LogP) is 2.77. The molecule has 4 nitrogen and oxygen atoms in total. The van der Waals surface area contributed by atoms with Gasteiger partial charge in [-0.25, -0.2) is 0 Å². The maximum Gasteiger partial charge on any atom is 0.238 e. The van der Waals surface area contributed by atoms with Crippen molar-refractivity contribution in [2.75, 3.05) is 19.5 Å². The summed E-state index contributed by atoms with van der Waals surface area (Å²) < 4.78 is 10.5. The molecule has 0 saturated heterocycles. The summed E-state index contributed by atoms with van der Waals surface area (Å²) in [5.41, 5.74) is 0.791. The van der Waals surface area contributed by atoms with Gasteiger partial charge >= 0.3 is 0 Å². The highest BCUT2D eigenvalue weighted by Gasteiger charge is 2.30. The minimum atomic E-state index is -0.0596. The van der Waals surface area contributed by atoms with Gasteiger partial charge in [0.2, 0.25) is 5.91 Å². The molecule has 1 atom stereocenters. The summed E-state index contributed by atoms with van der Waals surface area (Å²) in [6.07, 6.45) is 0. The molecule has 1 amide bonds. The van der Waals surface area contributed by atoms with Crippen molar-refractivity contribution in [2.24, 2.45) is 5.92 Å². The average molecular weight is 267 g/mol. The molecule has 1 aliphatic rings. The average Bonchev–Trinajstić information content (AvgIpc) is 2.36. The Morgan fingerprint density at radius 3 is 2.39 bits per heavy atom. The zero-order valence-electron chi connectivity index (χ0n) is 10.9. The maximum absolute atomic E-state index is 11.9. The third kappa shape index (κ3) is 2.27. The highest BCUT2D eigenvalue weighted by atomic mass is 32.2. The summed E-state index contributed by atoms with van der Waals surface area (Å²) in [5, 5.41) is 2.86. The Balaban J connectivity index is 2.40. The molecule has 0 aromatic heterocycles. The molecule has 1 aliphatic heterocycles. The molecule has 0 fully saturated rings. The Labute approximate surface area is 111 Å². The van der Waals surface area contributed by atoms with E-state index < -0.39 is 0 Å². The summed E-state index contributed by atoms with van der Waals surface area (Å²) >= 11 is 1.57. The minimum Gasteiger partial charge on any atom is -0.493 e. The monoisotopic (exact) mass is 267 g/mol. The van der Waals surface area contributed by atoms with Crippen molar-refractivity contribution in [1.82, 2.24) is 0 Å². The van der Waals surface area contributed by atoms with Crippen molar-refractivity contribution < 1.29 is 14.3 Å². The fourth-order valence-electron chi connectivity index (χ4n) is 1.89. The number of fused-ring (bicyclic) bond motifs is 1. The molecular weight excluding hydrogens is 250 g/mol. The second kappa shape index (κ2) is 5.10. The molecule has 0 spiro atoms. The van der Waals surface area contributed by atoms with Crippen molar-refractivity contribution in [3.63, 3.8) is 0 Å². The van der Waals surface area contributed by atoms with Crippen molar-refractivity contribution in [3.05, 3.63) is 12.1 Å². The number of ether oxygens (including phenoxy) is 2. The van der Waals surface area contributed by atoms with E-state index in [-0.39, 0.29) is 17.1 Å². The molecule has 0 saturated carbocycles. The molecule has 2 rings (SSSR count). The Hall–Kier alpha value is -1.36. The van der Waals surface area contributed by atoms with Gasteiger partial charge < -0.3 is 14.8 Å². The first-order chi connectivity index (χ1) is 8.56. The van der Waals surface area contributed by atoms with Crippen LogP contribution in [0.3, 0.4) is 0 Å². The lowest BCUT2D eigenvalue weighted by atomic mass is 10.1. The van der Waals surface area contributed by atoms with E-state index in [0.717, 1.165) is 10.6 Å². The van der Waals surface area contributed by atoms with Crippen molar-refractivity contribution in [2.45, 2.75) is 24.0 Å². The molecular formula is C13H17NO3S. The molecule has 0 bridgehead atoms. The SMILES string of the molecule is COc1cc2c(cc1OC)SC(C(C)C)C(=O)N2. The largest absolute Gasteiger partial charge is 0.493 e. The number of benzene rings is 1. The van der Waals surface area contributed by atoms with E-state index in [9.17, 15) is 4.79 Å². The number of carbonyl (C=O) groups is 1.